The number of hydrogen-bond donors (Lipinski definition) is 1. The fraction of sp³-hybridized carbons (Fsp3) is 1.00. The lowest BCUT2D eigenvalue weighted by atomic mass is 9.60. The first-order chi connectivity index (χ1) is 10.0. The van der Waals surface area contributed by atoms with Crippen LogP contribution in [0.1, 0.15) is 85.5 Å². The SMILES string of the molecule is CCCCCC(C)(C)CNC1CC(OCC)C12CCCC2. The third kappa shape index (κ3) is 4.01. The number of ether oxygens (including phenoxy) is 1. The summed E-state index contributed by atoms with van der Waals surface area (Å²) in [5, 5.41) is 3.93. The van der Waals surface area contributed by atoms with E-state index in [1.54, 1.807) is 0 Å². The molecule has 2 heteroatoms. The van der Waals surface area contributed by atoms with Crippen LogP contribution in [0.3, 0.4) is 0 Å². The molecule has 0 aromatic carbocycles. The van der Waals surface area contributed by atoms with Crippen LogP contribution in [0.25, 0.3) is 0 Å². The highest BCUT2D eigenvalue weighted by molar-refractivity contribution is 5.10. The third-order valence-electron chi connectivity index (χ3n) is 5.97. The summed E-state index contributed by atoms with van der Waals surface area (Å²) in [6.07, 6.45) is 12.8. The van der Waals surface area contributed by atoms with Crippen LogP contribution >= 0.6 is 0 Å². The monoisotopic (exact) mass is 295 g/mol. The maximum atomic E-state index is 6.02. The van der Waals surface area contributed by atoms with Crippen molar-refractivity contribution in [1.82, 2.24) is 5.32 Å². The van der Waals surface area contributed by atoms with Gasteiger partial charge in [0.25, 0.3) is 0 Å². The zero-order valence-electron chi connectivity index (χ0n) is 14.8. The maximum absolute atomic E-state index is 6.02. The smallest absolute Gasteiger partial charge is 0.0661 e. The van der Waals surface area contributed by atoms with Crippen molar-refractivity contribution in [2.24, 2.45) is 10.8 Å². The molecule has 0 radical (unpaired) electrons. The molecule has 2 nitrogen and oxygen atoms in total. The first-order valence-corrected chi connectivity index (χ1v) is 9.39. The summed E-state index contributed by atoms with van der Waals surface area (Å²) in [6.45, 7) is 11.3. The third-order valence-corrected chi connectivity index (χ3v) is 5.97. The molecule has 1 N–H and O–H groups in total. The van der Waals surface area contributed by atoms with E-state index in [4.69, 9.17) is 4.74 Å². The van der Waals surface area contributed by atoms with Gasteiger partial charge in [0.1, 0.15) is 0 Å². The molecular formula is C19H37NO. The fourth-order valence-electron chi connectivity index (χ4n) is 4.51. The van der Waals surface area contributed by atoms with Crippen LogP contribution in [0, 0.1) is 10.8 Å². The number of unbranched alkanes of at least 4 members (excludes halogenated alkanes) is 2. The Bertz CT molecular complexity index is 307. The van der Waals surface area contributed by atoms with Crippen molar-refractivity contribution in [2.45, 2.75) is 97.6 Å². The molecule has 2 atom stereocenters. The standard InChI is InChI=1S/C19H37NO/c1-5-7-8-11-18(3,4)15-20-16-14-17(21-6-2)19(16)12-9-10-13-19/h16-17,20H,5-15H2,1-4H3. The van der Waals surface area contributed by atoms with Crippen LogP contribution < -0.4 is 5.32 Å². The van der Waals surface area contributed by atoms with Crippen molar-refractivity contribution < 1.29 is 4.74 Å². The molecule has 1 spiro atoms. The van der Waals surface area contributed by atoms with Gasteiger partial charge in [-0.2, -0.15) is 0 Å². The molecule has 2 aliphatic carbocycles. The maximum Gasteiger partial charge on any atom is 0.0661 e. The van der Waals surface area contributed by atoms with Gasteiger partial charge in [0.15, 0.2) is 0 Å². The molecule has 2 fully saturated rings. The number of nitrogens with one attached hydrogen (secondary N) is 1. The second-order valence-corrected chi connectivity index (χ2v) is 8.17. The van der Waals surface area contributed by atoms with E-state index in [0.29, 0.717) is 23.0 Å². The first kappa shape index (κ1) is 17.3. The van der Waals surface area contributed by atoms with Gasteiger partial charge in [0.2, 0.25) is 0 Å². The van der Waals surface area contributed by atoms with Crippen LogP contribution in [-0.2, 0) is 4.74 Å². The zero-order valence-corrected chi connectivity index (χ0v) is 14.8. The summed E-state index contributed by atoms with van der Waals surface area (Å²) in [5.41, 5.74) is 0.918. The summed E-state index contributed by atoms with van der Waals surface area (Å²) in [5.74, 6) is 0. The van der Waals surface area contributed by atoms with Gasteiger partial charge in [-0.05, 0) is 38.0 Å². The average Bonchev–Trinajstić information content (AvgIpc) is 2.94. The van der Waals surface area contributed by atoms with E-state index in [1.165, 1.54) is 64.3 Å². The molecule has 2 unspecified atom stereocenters. The first-order valence-electron chi connectivity index (χ1n) is 9.39. The van der Waals surface area contributed by atoms with E-state index in [1.807, 2.05) is 0 Å². The normalized spacial score (nSPS) is 28.0. The van der Waals surface area contributed by atoms with Gasteiger partial charge in [0.05, 0.1) is 6.10 Å². The van der Waals surface area contributed by atoms with Crippen LogP contribution in [0.15, 0.2) is 0 Å². The molecule has 2 saturated carbocycles. The van der Waals surface area contributed by atoms with E-state index in [2.05, 4.69) is 33.0 Å². The van der Waals surface area contributed by atoms with Crippen molar-refractivity contribution in [1.29, 1.82) is 0 Å². The molecule has 2 aliphatic rings. The molecule has 21 heavy (non-hydrogen) atoms. The Labute approximate surface area is 132 Å². The van der Waals surface area contributed by atoms with Crippen molar-refractivity contribution in [3.8, 4) is 0 Å². The summed E-state index contributed by atoms with van der Waals surface area (Å²) in [7, 11) is 0. The molecule has 0 bridgehead atoms. The predicted octanol–water partition coefficient (Wildman–Crippen LogP) is 4.92. The van der Waals surface area contributed by atoms with Crippen LogP contribution in [-0.4, -0.2) is 25.3 Å². The van der Waals surface area contributed by atoms with Gasteiger partial charge in [-0.15, -0.1) is 0 Å². The van der Waals surface area contributed by atoms with Crippen LogP contribution in [0.4, 0.5) is 0 Å². The molecule has 0 heterocycles. The Hall–Kier alpha value is -0.0800. The summed E-state index contributed by atoms with van der Waals surface area (Å²) in [4.78, 5) is 0. The van der Waals surface area contributed by atoms with Gasteiger partial charge >= 0.3 is 0 Å². The molecule has 124 valence electrons. The van der Waals surface area contributed by atoms with Crippen molar-refractivity contribution in [3.05, 3.63) is 0 Å². The lowest BCUT2D eigenvalue weighted by Crippen LogP contribution is -2.63. The molecule has 0 aromatic rings. The Morgan fingerprint density at radius 1 is 1.14 bits per heavy atom. The number of rotatable bonds is 9. The van der Waals surface area contributed by atoms with E-state index < -0.39 is 0 Å². The van der Waals surface area contributed by atoms with E-state index in [-0.39, 0.29) is 0 Å². The highest BCUT2D eigenvalue weighted by Gasteiger charge is 2.56. The molecule has 0 aliphatic heterocycles. The summed E-state index contributed by atoms with van der Waals surface area (Å²) < 4.78 is 6.02. The molecule has 0 amide bonds. The molecule has 2 rings (SSSR count). The predicted molar refractivity (Wildman–Crippen MR) is 90.6 cm³/mol. The van der Waals surface area contributed by atoms with Gasteiger partial charge in [0, 0.05) is 24.6 Å². The van der Waals surface area contributed by atoms with E-state index in [0.717, 1.165) is 6.61 Å². The van der Waals surface area contributed by atoms with Crippen molar-refractivity contribution in [2.75, 3.05) is 13.2 Å². The molecular weight excluding hydrogens is 258 g/mol. The lowest BCUT2D eigenvalue weighted by Gasteiger charge is -2.55. The molecule has 0 saturated heterocycles. The quantitative estimate of drug-likeness (QED) is 0.610. The van der Waals surface area contributed by atoms with Crippen molar-refractivity contribution in [3.63, 3.8) is 0 Å². The lowest BCUT2D eigenvalue weighted by molar-refractivity contribution is -0.131. The minimum absolute atomic E-state index is 0.436. The Balaban J connectivity index is 1.80. The second kappa shape index (κ2) is 7.46. The molecule has 0 aromatic heterocycles. The summed E-state index contributed by atoms with van der Waals surface area (Å²) >= 11 is 0. The van der Waals surface area contributed by atoms with E-state index >= 15 is 0 Å². The minimum Gasteiger partial charge on any atom is -0.378 e. The Kier molecular flexibility index (Phi) is 6.14. The zero-order chi connectivity index (χ0) is 15.3. The Morgan fingerprint density at radius 3 is 2.48 bits per heavy atom. The van der Waals surface area contributed by atoms with Gasteiger partial charge < -0.3 is 10.1 Å². The number of hydrogen-bond acceptors (Lipinski definition) is 2. The second-order valence-electron chi connectivity index (χ2n) is 8.17. The minimum atomic E-state index is 0.436. The summed E-state index contributed by atoms with van der Waals surface area (Å²) in [6, 6.07) is 0.710. The van der Waals surface area contributed by atoms with Crippen LogP contribution in [0.5, 0.6) is 0 Å². The van der Waals surface area contributed by atoms with Gasteiger partial charge in [-0.1, -0.05) is 52.9 Å². The van der Waals surface area contributed by atoms with Crippen molar-refractivity contribution >= 4 is 0 Å². The topological polar surface area (TPSA) is 21.3 Å². The van der Waals surface area contributed by atoms with Crippen LogP contribution in [0.2, 0.25) is 0 Å². The average molecular weight is 296 g/mol. The fourth-order valence-corrected chi connectivity index (χ4v) is 4.51. The highest BCUT2D eigenvalue weighted by Crippen LogP contribution is 2.54. The largest absolute Gasteiger partial charge is 0.378 e. The Morgan fingerprint density at radius 2 is 1.86 bits per heavy atom. The van der Waals surface area contributed by atoms with Gasteiger partial charge in [-0.3, -0.25) is 0 Å². The van der Waals surface area contributed by atoms with E-state index in [9.17, 15) is 0 Å². The van der Waals surface area contributed by atoms with Gasteiger partial charge in [-0.25, -0.2) is 0 Å². The highest BCUT2D eigenvalue weighted by atomic mass is 16.5.